The molecule has 0 saturated carbocycles. The summed E-state index contributed by atoms with van der Waals surface area (Å²) in [6.07, 6.45) is 0.557. The van der Waals surface area contributed by atoms with E-state index in [1.165, 1.54) is 0 Å². The van der Waals surface area contributed by atoms with Crippen LogP contribution in [0.25, 0.3) is 0 Å². The summed E-state index contributed by atoms with van der Waals surface area (Å²) in [5, 5.41) is 2.85. The van der Waals surface area contributed by atoms with Crippen LogP contribution in [0.2, 0.25) is 0 Å². The summed E-state index contributed by atoms with van der Waals surface area (Å²) in [6.45, 7) is 4.54. The van der Waals surface area contributed by atoms with Crippen molar-refractivity contribution < 1.29 is 4.79 Å². The highest BCUT2D eigenvalue weighted by molar-refractivity contribution is 5.76. The van der Waals surface area contributed by atoms with Crippen LogP contribution in [0.1, 0.15) is 31.9 Å². The van der Waals surface area contributed by atoms with Crippen LogP contribution in [0.4, 0.5) is 0 Å². The molecule has 3 nitrogen and oxygen atoms in total. The van der Waals surface area contributed by atoms with Crippen molar-refractivity contribution in [1.29, 1.82) is 0 Å². The normalized spacial score (nSPS) is 12.5. The van der Waals surface area contributed by atoms with E-state index in [9.17, 15) is 4.79 Å². The molecule has 88 valence electrons. The molecule has 0 saturated heterocycles. The minimum atomic E-state index is -0.127. The van der Waals surface area contributed by atoms with Crippen LogP contribution >= 0.6 is 0 Å². The molecular weight excluding hydrogens is 200 g/mol. The number of nitrogens with two attached hydrogens (primary N) is 1. The molecule has 1 rings (SSSR count). The van der Waals surface area contributed by atoms with Gasteiger partial charge in [-0.1, -0.05) is 44.2 Å². The maximum absolute atomic E-state index is 11.4. The number of carbonyl (C=O) groups is 1. The lowest BCUT2D eigenvalue weighted by molar-refractivity contribution is -0.121. The summed E-state index contributed by atoms with van der Waals surface area (Å²) >= 11 is 0. The maximum atomic E-state index is 11.4. The first kappa shape index (κ1) is 12.7. The first-order valence-corrected chi connectivity index (χ1v) is 5.67. The molecule has 0 radical (unpaired) electrons. The standard InChI is InChI=1S/C13H20N2O/c1-10(2)8-13(16)15-9-12(14)11-6-4-3-5-7-11/h3-7,10,12H,8-9,14H2,1-2H3,(H,15,16). The van der Waals surface area contributed by atoms with E-state index < -0.39 is 0 Å². The van der Waals surface area contributed by atoms with Gasteiger partial charge in [0.25, 0.3) is 0 Å². The molecule has 1 aromatic rings. The van der Waals surface area contributed by atoms with E-state index >= 15 is 0 Å². The van der Waals surface area contributed by atoms with E-state index in [2.05, 4.69) is 5.32 Å². The van der Waals surface area contributed by atoms with Gasteiger partial charge in [0, 0.05) is 19.0 Å². The third kappa shape index (κ3) is 4.45. The average molecular weight is 220 g/mol. The number of hydrogen-bond acceptors (Lipinski definition) is 2. The highest BCUT2D eigenvalue weighted by Gasteiger charge is 2.08. The summed E-state index contributed by atoms with van der Waals surface area (Å²) in [5.41, 5.74) is 7.01. The van der Waals surface area contributed by atoms with E-state index in [1.807, 2.05) is 44.2 Å². The van der Waals surface area contributed by atoms with Crippen LogP contribution < -0.4 is 11.1 Å². The Balaban J connectivity index is 2.36. The van der Waals surface area contributed by atoms with E-state index in [1.54, 1.807) is 0 Å². The topological polar surface area (TPSA) is 55.1 Å². The smallest absolute Gasteiger partial charge is 0.220 e. The van der Waals surface area contributed by atoms with Crippen molar-refractivity contribution in [3.05, 3.63) is 35.9 Å². The summed E-state index contributed by atoms with van der Waals surface area (Å²) in [5.74, 6) is 0.453. The zero-order valence-electron chi connectivity index (χ0n) is 9.94. The molecule has 0 fully saturated rings. The van der Waals surface area contributed by atoms with Crippen molar-refractivity contribution in [3.8, 4) is 0 Å². The third-order valence-corrected chi connectivity index (χ3v) is 2.34. The van der Waals surface area contributed by atoms with E-state index in [0.717, 1.165) is 5.56 Å². The van der Waals surface area contributed by atoms with Crippen molar-refractivity contribution in [2.24, 2.45) is 11.7 Å². The monoisotopic (exact) mass is 220 g/mol. The number of amides is 1. The number of carbonyl (C=O) groups excluding carboxylic acids is 1. The van der Waals surface area contributed by atoms with Crippen molar-refractivity contribution in [2.45, 2.75) is 26.3 Å². The molecule has 1 atom stereocenters. The van der Waals surface area contributed by atoms with Gasteiger partial charge in [0.1, 0.15) is 0 Å². The fourth-order valence-electron chi connectivity index (χ4n) is 1.48. The molecule has 1 amide bonds. The van der Waals surface area contributed by atoms with Gasteiger partial charge in [-0.25, -0.2) is 0 Å². The second kappa shape index (κ2) is 6.28. The van der Waals surface area contributed by atoms with Crippen molar-refractivity contribution >= 4 is 5.91 Å². The summed E-state index contributed by atoms with van der Waals surface area (Å²) in [6, 6.07) is 9.67. The van der Waals surface area contributed by atoms with Crippen LogP contribution in [0.5, 0.6) is 0 Å². The Kier molecular flexibility index (Phi) is 4.99. The lowest BCUT2D eigenvalue weighted by Crippen LogP contribution is -2.32. The Labute approximate surface area is 97.0 Å². The second-order valence-corrected chi connectivity index (χ2v) is 4.42. The number of benzene rings is 1. The van der Waals surface area contributed by atoms with Crippen LogP contribution in [-0.4, -0.2) is 12.5 Å². The van der Waals surface area contributed by atoms with E-state index in [0.29, 0.717) is 18.9 Å². The molecule has 0 aromatic heterocycles. The van der Waals surface area contributed by atoms with Crippen molar-refractivity contribution in [2.75, 3.05) is 6.54 Å². The van der Waals surface area contributed by atoms with Gasteiger partial charge in [-0.15, -0.1) is 0 Å². The largest absolute Gasteiger partial charge is 0.354 e. The minimum absolute atomic E-state index is 0.0707. The van der Waals surface area contributed by atoms with Gasteiger partial charge in [-0.3, -0.25) is 4.79 Å². The molecule has 1 aromatic carbocycles. The molecule has 3 N–H and O–H groups in total. The van der Waals surface area contributed by atoms with Gasteiger partial charge in [-0.05, 0) is 11.5 Å². The highest BCUT2D eigenvalue weighted by Crippen LogP contribution is 2.08. The molecule has 0 aliphatic rings. The number of rotatable bonds is 5. The van der Waals surface area contributed by atoms with Gasteiger partial charge in [-0.2, -0.15) is 0 Å². The molecule has 0 aliphatic heterocycles. The molecule has 3 heteroatoms. The lowest BCUT2D eigenvalue weighted by Gasteiger charge is -2.13. The highest BCUT2D eigenvalue weighted by atomic mass is 16.1. The fraction of sp³-hybridized carbons (Fsp3) is 0.462. The maximum Gasteiger partial charge on any atom is 0.220 e. The predicted molar refractivity (Wildman–Crippen MR) is 65.8 cm³/mol. The van der Waals surface area contributed by atoms with Crippen LogP contribution in [0.3, 0.4) is 0 Å². The van der Waals surface area contributed by atoms with E-state index in [4.69, 9.17) is 5.73 Å². The molecule has 0 bridgehead atoms. The average Bonchev–Trinajstić information content (AvgIpc) is 2.26. The van der Waals surface area contributed by atoms with Gasteiger partial charge in [0.15, 0.2) is 0 Å². The summed E-state index contributed by atoms with van der Waals surface area (Å²) < 4.78 is 0. The Morgan fingerprint density at radius 2 is 1.94 bits per heavy atom. The molecule has 0 heterocycles. The summed E-state index contributed by atoms with van der Waals surface area (Å²) in [7, 11) is 0. The lowest BCUT2D eigenvalue weighted by atomic mass is 10.1. The molecule has 1 unspecified atom stereocenters. The summed E-state index contributed by atoms with van der Waals surface area (Å²) in [4.78, 5) is 11.4. The van der Waals surface area contributed by atoms with Crippen molar-refractivity contribution in [1.82, 2.24) is 5.32 Å². The van der Waals surface area contributed by atoms with Gasteiger partial charge in [0.05, 0.1) is 0 Å². The number of nitrogens with one attached hydrogen (secondary N) is 1. The predicted octanol–water partition coefficient (Wildman–Crippen LogP) is 1.85. The van der Waals surface area contributed by atoms with Crippen LogP contribution in [0, 0.1) is 5.92 Å². The van der Waals surface area contributed by atoms with E-state index in [-0.39, 0.29) is 11.9 Å². The molecule has 0 spiro atoms. The van der Waals surface area contributed by atoms with Gasteiger partial charge >= 0.3 is 0 Å². The zero-order valence-corrected chi connectivity index (χ0v) is 9.94. The quantitative estimate of drug-likeness (QED) is 0.795. The number of hydrogen-bond donors (Lipinski definition) is 2. The first-order chi connectivity index (χ1) is 7.59. The zero-order chi connectivity index (χ0) is 12.0. The Bertz CT molecular complexity index is 322. The first-order valence-electron chi connectivity index (χ1n) is 5.67. The molecule has 0 aliphatic carbocycles. The SMILES string of the molecule is CC(C)CC(=O)NCC(N)c1ccccc1. The van der Waals surface area contributed by atoms with Crippen molar-refractivity contribution in [3.63, 3.8) is 0 Å². The third-order valence-electron chi connectivity index (χ3n) is 2.34. The van der Waals surface area contributed by atoms with Crippen LogP contribution in [0.15, 0.2) is 30.3 Å². The Hall–Kier alpha value is -1.35. The minimum Gasteiger partial charge on any atom is -0.354 e. The Morgan fingerprint density at radius 3 is 2.50 bits per heavy atom. The van der Waals surface area contributed by atoms with Gasteiger partial charge in [0.2, 0.25) is 5.91 Å². The Morgan fingerprint density at radius 1 is 1.31 bits per heavy atom. The second-order valence-electron chi connectivity index (χ2n) is 4.42. The molecular formula is C13H20N2O. The fourth-order valence-corrected chi connectivity index (χ4v) is 1.48. The van der Waals surface area contributed by atoms with Gasteiger partial charge < -0.3 is 11.1 Å². The molecule has 16 heavy (non-hydrogen) atoms. The van der Waals surface area contributed by atoms with Crippen LogP contribution in [-0.2, 0) is 4.79 Å².